The number of nitrogens with zero attached hydrogens (tertiary/aromatic N) is 2. The van der Waals surface area contributed by atoms with Crippen LogP contribution in [0, 0.1) is 6.92 Å². The van der Waals surface area contributed by atoms with Gasteiger partial charge in [0.25, 0.3) is 11.8 Å². The maximum absolute atomic E-state index is 12.3. The highest BCUT2D eigenvalue weighted by Gasteiger charge is 2.18. The zero-order valence-corrected chi connectivity index (χ0v) is 13.5. The Morgan fingerprint density at radius 2 is 1.79 bits per heavy atom. The molecule has 0 atom stereocenters. The number of anilines is 1. The molecule has 7 heteroatoms. The van der Waals surface area contributed by atoms with Gasteiger partial charge in [0.05, 0.1) is 11.1 Å². The van der Waals surface area contributed by atoms with Gasteiger partial charge in [0.15, 0.2) is 5.82 Å². The fourth-order valence-corrected chi connectivity index (χ4v) is 2.82. The predicted molar refractivity (Wildman–Crippen MR) is 87.8 cm³/mol. The first-order chi connectivity index (χ1) is 11.6. The van der Waals surface area contributed by atoms with Gasteiger partial charge in [0, 0.05) is 24.5 Å². The number of pyridine rings is 1. The van der Waals surface area contributed by atoms with E-state index in [-0.39, 0.29) is 17.9 Å². The first-order valence-corrected chi connectivity index (χ1v) is 8.12. The number of amides is 2. The van der Waals surface area contributed by atoms with Gasteiger partial charge in [-0.15, -0.1) is 0 Å². The van der Waals surface area contributed by atoms with E-state index in [4.69, 9.17) is 4.52 Å². The molecule has 0 saturated heterocycles. The van der Waals surface area contributed by atoms with E-state index in [2.05, 4.69) is 20.8 Å². The van der Waals surface area contributed by atoms with Crippen molar-refractivity contribution in [2.24, 2.45) is 0 Å². The average molecular weight is 328 g/mol. The first kappa shape index (κ1) is 16.2. The molecule has 0 spiro atoms. The second-order valence-corrected chi connectivity index (χ2v) is 6.05. The van der Waals surface area contributed by atoms with Crippen molar-refractivity contribution in [2.45, 2.75) is 45.1 Å². The van der Waals surface area contributed by atoms with Crippen LogP contribution in [0.1, 0.15) is 58.6 Å². The summed E-state index contributed by atoms with van der Waals surface area (Å²) in [5.41, 5.74) is 0.677. The number of carbonyl (C=O) groups excluding carboxylic acids is 2. The van der Waals surface area contributed by atoms with Crippen molar-refractivity contribution < 1.29 is 14.1 Å². The van der Waals surface area contributed by atoms with Crippen molar-refractivity contribution in [3.63, 3.8) is 0 Å². The van der Waals surface area contributed by atoms with Crippen LogP contribution in [-0.2, 0) is 0 Å². The van der Waals surface area contributed by atoms with Gasteiger partial charge in [-0.05, 0) is 25.8 Å². The minimum atomic E-state index is -0.386. The quantitative estimate of drug-likeness (QED) is 0.899. The molecule has 3 rings (SSSR count). The van der Waals surface area contributed by atoms with Crippen molar-refractivity contribution in [3.05, 3.63) is 41.4 Å². The van der Waals surface area contributed by atoms with Crippen LogP contribution in [-0.4, -0.2) is 28.0 Å². The Bertz CT molecular complexity index is 735. The summed E-state index contributed by atoms with van der Waals surface area (Å²) < 4.78 is 4.90. The molecule has 1 aliphatic rings. The monoisotopic (exact) mass is 328 g/mol. The highest BCUT2D eigenvalue weighted by molar-refractivity contribution is 6.05. The predicted octanol–water partition coefficient (Wildman–Crippen LogP) is 2.69. The van der Waals surface area contributed by atoms with Crippen molar-refractivity contribution in [1.29, 1.82) is 0 Å². The van der Waals surface area contributed by atoms with E-state index in [9.17, 15) is 9.59 Å². The van der Waals surface area contributed by atoms with E-state index in [1.165, 1.54) is 24.9 Å². The second-order valence-electron chi connectivity index (χ2n) is 6.05. The van der Waals surface area contributed by atoms with Gasteiger partial charge in [-0.3, -0.25) is 14.6 Å². The summed E-state index contributed by atoms with van der Waals surface area (Å²) in [6, 6.07) is 3.36. The fourth-order valence-electron chi connectivity index (χ4n) is 2.82. The molecule has 7 nitrogen and oxygen atoms in total. The molecular formula is C17H20N4O3. The van der Waals surface area contributed by atoms with Crippen LogP contribution in [0.4, 0.5) is 5.82 Å². The Morgan fingerprint density at radius 1 is 1.08 bits per heavy atom. The van der Waals surface area contributed by atoms with Gasteiger partial charge in [-0.1, -0.05) is 24.4 Å². The van der Waals surface area contributed by atoms with Crippen LogP contribution < -0.4 is 10.6 Å². The lowest BCUT2D eigenvalue weighted by atomic mass is 9.95. The molecule has 2 amide bonds. The van der Waals surface area contributed by atoms with E-state index in [1.54, 1.807) is 13.0 Å². The fraction of sp³-hybridized carbons (Fsp3) is 0.412. The Balaban J connectivity index is 1.66. The number of aryl methyl sites for hydroxylation is 1. The SMILES string of the molecule is Cc1cc(NC(=O)c2cncc(C(=O)NC3CCCCC3)c2)no1. The zero-order valence-electron chi connectivity index (χ0n) is 13.5. The molecule has 2 aromatic heterocycles. The van der Waals surface area contributed by atoms with E-state index in [0.717, 1.165) is 25.7 Å². The van der Waals surface area contributed by atoms with Gasteiger partial charge >= 0.3 is 0 Å². The van der Waals surface area contributed by atoms with Gasteiger partial charge < -0.3 is 15.2 Å². The number of rotatable bonds is 4. The van der Waals surface area contributed by atoms with Gasteiger partial charge in [-0.2, -0.15) is 0 Å². The third-order valence-electron chi connectivity index (χ3n) is 4.07. The van der Waals surface area contributed by atoms with Crippen LogP contribution in [0.15, 0.2) is 29.0 Å². The minimum absolute atomic E-state index is 0.193. The smallest absolute Gasteiger partial charge is 0.258 e. The molecule has 126 valence electrons. The first-order valence-electron chi connectivity index (χ1n) is 8.12. The van der Waals surface area contributed by atoms with Crippen LogP contribution >= 0.6 is 0 Å². The summed E-state index contributed by atoms with van der Waals surface area (Å²) in [5, 5.41) is 9.34. The second kappa shape index (κ2) is 7.25. The highest BCUT2D eigenvalue weighted by atomic mass is 16.5. The van der Waals surface area contributed by atoms with Crippen LogP contribution in [0.5, 0.6) is 0 Å². The average Bonchev–Trinajstić information content (AvgIpc) is 3.00. The standard InChI is InChI=1S/C17H20N4O3/c1-11-7-15(21-24-11)20-17(23)13-8-12(9-18-10-13)16(22)19-14-5-3-2-4-6-14/h7-10,14H,2-6H2,1H3,(H,19,22)(H,20,21,23). The molecule has 0 aliphatic heterocycles. The zero-order chi connectivity index (χ0) is 16.9. The number of carbonyl (C=O) groups is 2. The van der Waals surface area contributed by atoms with E-state index in [0.29, 0.717) is 22.7 Å². The third-order valence-corrected chi connectivity index (χ3v) is 4.07. The summed E-state index contributed by atoms with van der Waals surface area (Å²) in [5.74, 6) is 0.350. The molecule has 2 N–H and O–H groups in total. The summed E-state index contributed by atoms with van der Waals surface area (Å²) in [6.45, 7) is 1.74. The molecule has 0 unspecified atom stereocenters. The molecule has 0 aromatic carbocycles. The van der Waals surface area contributed by atoms with Crippen LogP contribution in [0.25, 0.3) is 0 Å². The maximum Gasteiger partial charge on any atom is 0.258 e. The molecular weight excluding hydrogens is 308 g/mol. The van der Waals surface area contributed by atoms with Gasteiger partial charge in [0.1, 0.15) is 5.76 Å². The third kappa shape index (κ3) is 3.98. The summed E-state index contributed by atoms with van der Waals surface area (Å²) >= 11 is 0. The van der Waals surface area contributed by atoms with Crippen molar-refractivity contribution in [3.8, 4) is 0 Å². The molecule has 1 aliphatic carbocycles. The van der Waals surface area contributed by atoms with Gasteiger partial charge in [0.2, 0.25) is 0 Å². The normalized spacial score (nSPS) is 15.0. The Labute approximate surface area is 139 Å². The van der Waals surface area contributed by atoms with Crippen molar-refractivity contribution in [2.75, 3.05) is 5.32 Å². The molecule has 0 bridgehead atoms. The summed E-state index contributed by atoms with van der Waals surface area (Å²) in [4.78, 5) is 28.6. The number of hydrogen-bond acceptors (Lipinski definition) is 5. The largest absolute Gasteiger partial charge is 0.360 e. The van der Waals surface area contributed by atoms with E-state index in [1.807, 2.05) is 0 Å². The lowest BCUT2D eigenvalue weighted by molar-refractivity contribution is 0.0927. The van der Waals surface area contributed by atoms with Crippen LogP contribution in [0.3, 0.4) is 0 Å². The Hall–Kier alpha value is -2.70. The number of hydrogen-bond donors (Lipinski definition) is 2. The molecule has 1 fully saturated rings. The Kier molecular flexibility index (Phi) is 4.88. The minimum Gasteiger partial charge on any atom is -0.360 e. The lowest BCUT2D eigenvalue weighted by Gasteiger charge is -2.22. The summed E-state index contributed by atoms with van der Waals surface area (Å²) in [6.07, 6.45) is 8.40. The van der Waals surface area contributed by atoms with Crippen molar-refractivity contribution >= 4 is 17.6 Å². The van der Waals surface area contributed by atoms with Crippen molar-refractivity contribution in [1.82, 2.24) is 15.5 Å². The van der Waals surface area contributed by atoms with E-state index < -0.39 is 0 Å². The summed E-state index contributed by atoms with van der Waals surface area (Å²) in [7, 11) is 0. The van der Waals surface area contributed by atoms with E-state index >= 15 is 0 Å². The molecule has 2 aromatic rings. The lowest BCUT2D eigenvalue weighted by Crippen LogP contribution is -2.36. The highest BCUT2D eigenvalue weighted by Crippen LogP contribution is 2.18. The van der Waals surface area contributed by atoms with Gasteiger partial charge in [-0.25, -0.2) is 0 Å². The van der Waals surface area contributed by atoms with Crippen LogP contribution in [0.2, 0.25) is 0 Å². The number of aromatic nitrogens is 2. The molecule has 24 heavy (non-hydrogen) atoms. The topological polar surface area (TPSA) is 97.1 Å². The molecule has 2 heterocycles. The Morgan fingerprint density at radius 3 is 2.46 bits per heavy atom. The maximum atomic E-state index is 12.3. The number of nitrogens with one attached hydrogen (secondary N) is 2. The molecule has 0 radical (unpaired) electrons. The molecule has 1 saturated carbocycles.